The predicted octanol–water partition coefficient (Wildman–Crippen LogP) is 0.271. The van der Waals surface area contributed by atoms with Gasteiger partial charge in [-0.25, -0.2) is 4.72 Å². The van der Waals surface area contributed by atoms with Crippen molar-refractivity contribution in [3.8, 4) is 0 Å². The molecule has 0 bridgehead atoms. The van der Waals surface area contributed by atoms with Gasteiger partial charge in [-0.1, -0.05) is 12.8 Å². The zero-order valence-corrected chi connectivity index (χ0v) is 14.9. The normalized spacial score (nSPS) is 20.6. The highest BCUT2D eigenvalue weighted by Crippen LogP contribution is 2.22. The van der Waals surface area contributed by atoms with Crippen LogP contribution in [0.4, 0.5) is 5.82 Å². The van der Waals surface area contributed by atoms with Gasteiger partial charge in [0.25, 0.3) is 10.2 Å². The van der Waals surface area contributed by atoms with Crippen molar-refractivity contribution in [3.63, 3.8) is 0 Å². The minimum absolute atomic E-state index is 0.306. The van der Waals surface area contributed by atoms with Crippen LogP contribution in [0.15, 0.2) is 18.5 Å². The monoisotopic (exact) mass is 365 g/mol. The van der Waals surface area contributed by atoms with Crippen molar-refractivity contribution in [1.82, 2.24) is 28.8 Å². The van der Waals surface area contributed by atoms with Gasteiger partial charge in [-0.15, -0.1) is 15.3 Å². The van der Waals surface area contributed by atoms with Crippen molar-refractivity contribution in [2.24, 2.45) is 5.92 Å². The Morgan fingerprint density at radius 1 is 1.12 bits per heavy atom. The van der Waals surface area contributed by atoms with E-state index in [1.807, 2.05) is 12.1 Å². The molecule has 1 N–H and O–H groups in total. The van der Waals surface area contributed by atoms with Crippen LogP contribution < -0.4 is 9.62 Å². The van der Waals surface area contributed by atoms with Gasteiger partial charge in [-0.05, 0) is 25.0 Å². The van der Waals surface area contributed by atoms with Crippen LogP contribution in [0.1, 0.15) is 25.7 Å². The van der Waals surface area contributed by atoms with Crippen LogP contribution >= 0.6 is 0 Å². The number of aromatic nitrogens is 4. The van der Waals surface area contributed by atoms with Gasteiger partial charge < -0.3 is 4.90 Å². The molecule has 0 amide bonds. The average molecular weight is 365 g/mol. The lowest BCUT2D eigenvalue weighted by Gasteiger charge is -2.40. The second-order valence-corrected chi connectivity index (χ2v) is 8.52. The van der Waals surface area contributed by atoms with Crippen molar-refractivity contribution in [2.75, 3.05) is 37.6 Å². The maximum Gasteiger partial charge on any atom is 0.279 e. The molecule has 2 aromatic heterocycles. The Morgan fingerprint density at radius 3 is 2.64 bits per heavy atom. The quantitative estimate of drug-likeness (QED) is 0.817. The minimum Gasteiger partial charge on any atom is -0.354 e. The molecule has 0 aliphatic carbocycles. The zero-order valence-electron chi connectivity index (χ0n) is 14.1. The minimum atomic E-state index is -3.35. The van der Waals surface area contributed by atoms with Crippen LogP contribution in [0.2, 0.25) is 0 Å². The zero-order chi connectivity index (χ0) is 17.3. The lowest BCUT2D eigenvalue weighted by molar-refractivity contribution is 0.380. The molecule has 9 nitrogen and oxygen atoms in total. The Balaban J connectivity index is 1.29. The number of nitrogens with one attached hydrogen (secondary N) is 1. The second-order valence-electron chi connectivity index (χ2n) is 6.76. The summed E-state index contributed by atoms with van der Waals surface area (Å²) < 4.78 is 30.9. The maximum atomic E-state index is 12.4. The molecule has 0 saturated carbocycles. The summed E-state index contributed by atoms with van der Waals surface area (Å²) in [6.07, 6.45) is 5.72. The Labute approximate surface area is 147 Å². The van der Waals surface area contributed by atoms with E-state index in [2.05, 4.69) is 24.9 Å². The molecular weight excluding hydrogens is 342 g/mol. The van der Waals surface area contributed by atoms with E-state index in [1.54, 1.807) is 15.1 Å². The highest BCUT2D eigenvalue weighted by Gasteiger charge is 2.30. The molecule has 4 rings (SSSR count). The van der Waals surface area contributed by atoms with Crippen LogP contribution in [0.3, 0.4) is 0 Å². The van der Waals surface area contributed by atoms with E-state index in [0.717, 1.165) is 44.6 Å². The van der Waals surface area contributed by atoms with Crippen molar-refractivity contribution >= 4 is 21.7 Å². The summed E-state index contributed by atoms with van der Waals surface area (Å²) in [5.74, 6) is 1.17. The molecule has 2 aromatic rings. The van der Waals surface area contributed by atoms with E-state index in [4.69, 9.17) is 0 Å². The number of hydrogen-bond donors (Lipinski definition) is 1. The van der Waals surface area contributed by atoms with Crippen molar-refractivity contribution < 1.29 is 8.42 Å². The first kappa shape index (κ1) is 16.7. The first-order chi connectivity index (χ1) is 12.1. The lowest BCUT2D eigenvalue weighted by atomic mass is 10.0. The maximum absolute atomic E-state index is 12.4. The predicted molar refractivity (Wildman–Crippen MR) is 93.4 cm³/mol. The molecule has 0 spiro atoms. The van der Waals surface area contributed by atoms with Gasteiger partial charge in [0.1, 0.15) is 12.1 Å². The fourth-order valence-corrected chi connectivity index (χ4v) is 4.74. The van der Waals surface area contributed by atoms with Gasteiger partial charge in [0.2, 0.25) is 0 Å². The second kappa shape index (κ2) is 6.85. The van der Waals surface area contributed by atoms with Crippen LogP contribution in [-0.2, 0) is 10.2 Å². The van der Waals surface area contributed by atoms with E-state index in [-0.39, 0.29) is 0 Å². The first-order valence-corrected chi connectivity index (χ1v) is 10.2. The van der Waals surface area contributed by atoms with E-state index in [9.17, 15) is 8.42 Å². The highest BCUT2D eigenvalue weighted by atomic mass is 32.2. The molecular formula is C15H23N7O2S. The average Bonchev–Trinajstić information content (AvgIpc) is 2.84. The first-order valence-electron chi connectivity index (χ1n) is 8.78. The number of hydrogen-bond acceptors (Lipinski definition) is 6. The van der Waals surface area contributed by atoms with Crippen LogP contribution in [0, 0.1) is 5.92 Å². The number of fused-ring (bicyclic) bond motifs is 1. The van der Waals surface area contributed by atoms with E-state index in [1.165, 1.54) is 0 Å². The Kier molecular flexibility index (Phi) is 4.57. The fraction of sp³-hybridized carbons (Fsp3) is 0.667. The van der Waals surface area contributed by atoms with Crippen LogP contribution in [0.25, 0.3) is 5.65 Å². The molecule has 2 saturated heterocycles. The third-order valence-corrected chi connectivity index (χ3v) is 6.46. The lowest BCUT2D eigenvalue weighted by Crippen LogP contribution is -2.53. The largest absolute Gasteiger partial charge is 0.354 e. The fourth-order valence-electron chi connectivity index (χ4n) is 3.37. The van der Waals surface area contributed by atoms with Gasteiger partial charge >= 0.3 is 0 Å². The Hall–Kier alpha value is -1.78. The van der Waals surface area contributed by atoms with Crippen molar-refractivity contribution in [1.29, 1.82) is 0 Å². The summed E-state index contributed by atoms with van der Waals surface area (Å²) in [6.45, 7) is 3.33. The van der Waals surface area contributed by atoms with Gasteiger partial charge in [-0.2, -0.15) is 17.2 Å². The molecule has 2 aliphatic heterocycles. The molecule has 25 heavy (non-hydrogen) atoms. The van der Waals surface area contributed by atoms with E-state index < -0.39 is 10.2 Å². The molecule has 0 unspecified atom stereocenters. The smallest absolute Gasteiger partial charge is 0.279 e. The summed E-state index contributed by atoms with van der Waals surface area (Å²) in [7, 11) is -3.35. The summed E-state index contributed by atoms with van der Waals surface area (Å²) in [6, 6.07) is 3.80. The number of rotatable bonds is 5. The standard InChI is InChI=1S/C15H23N7O2S/c23-25(24,21-7-3-1-2-4-8-21)17-9-13-10-20(11-13)15-6-5-14-18-16-12-22(14)19-15/h5-6,12-13,17H,1-4,7-11H2. The van der Waals surface area contributed by atoms with Crippen molar-refractivity contribution in [3.05, 3.63) is 18.5 Å². The van der Waals surface area contributed by atoms with Gasteiger partial charge in [-0.3, -0.25) is 0 Å². The van der Waals surface area contributed by atoms with E-state index >= 15 is 0 Å². The van der Waals surface area contributed by atoms with Crippen molar-refractivity contribution in [2.45, 2.75) is 25.7 Å². The SMILES string of the molecule is O=S(=O)(NCC1CN(c2ccc3nncn3n2)C1)N1CCCCCC1. The molecule has 136 valence electrons. The summed E-state index contributed by atoms with van der Waals surface area (Å²) in [5, 5.41) is 12.2. The molecule has 0 radical (unpaired) electrons. The number of nitrogens with zero attached hydrogens (tertiary/aromatic N) is 6. The molecule has 4 heterocycles. The molecule has 2 aliphatic rings. The number of anilines is 1. The Bertz CT molecular complexity index is 823. The summed E-state index contributed by atoms with van der Waals surface area (Å²) in [5.41, 5.74) is 0.714. The molecule has 0 atom stereocenters. The highest BCUT2D eigenvalue weighted by molar-refractivity contribution is 7.87. The van der Waals surface area contributed by atoms with Gasteiger partial charge in [0.05, 0.1) is 0 Å². The molecule has 10 heteroatoms. The summed E-state index contributed by atoms with van der Waals surface area (Å²) >= 11 is 0. The topological polar surface area (TPSA) is 95.7 Å². The van der Waals surface area contributed by atoms with E-state index in [0.29, 0.717) is 31.2 Å². The van der Waals surface area contributed by atoms with Crippen LogP contribution in [0.5, 0.6) is 0 Å². The molecule has 0 aromatic carbocycles. The summed E-state index contributed by atoms with van der Waals surface area (Å²) in [4.78, 5) is 2.13. The Morgan fingerprint density at radius 2 is 1.88 bits per heavy atom. The third kappa shape index (κ3) is 3.60. The van der Waals surface area contributed by atoms with Gasteiger partial charge in [0.15, 0.2) is 5.65 Å². The molecule has 2 fully saturated rings. The third-order valence-electron chi connectivity index (χ3n) is 4.89. The van der Waals surface area contributed by atoms with Gasteiger partial charge in [0, 0.05) is 38.6 Å². The van der Waals surface area contributed by atoms with Crippen LogP contribution in [-0.4, -0.2) is 65.3 Å².